The Bertz CT molecular complexity index is 1470. The largest absolute Gasteiger partial charge is 0.497 e. The first-order valence-electron chi connectivity index (χ1n) is 13.6. The number of hydrogen-bond acceptors (Lipinski definition) is 6. The first-order valence-corrected chi connectivity index (χ1v) is 13.6. The predicted octanol–water partition coefficient (Wildman–Crippen LogP) is 3.35. The quantitative estimate of drug-likeness (QED) is 0.363. The zero-order valence-corrected chi connectivity index (χ0v) is 22.1. The Balaban J connectivity index is 1.25. The summed E-state index contributed by atoms with van der Waals surface area (Å²) in [5.74, 6) is 1.22. The molecule has 10 nitrogen and oxygen atoms in total. The number of methoxy groups -OCH3 is 1. The highest BCUT2D eigenvalue weighted by atomic mass is 16.5. The van der Waals surface area contributed by atoms with E-state index in [9.17, 15) is 9.59 Å². The van der Waals surface area contributed by atoms with E-state index in [0.29, 0.717) is 38.1 Å². The van der Waals surface area contributed by atoms with E-state index in [0.717, 1.165) is 47.0 Å². The summed E-state index contributed by atoms with van der Waals surface area (Å²) in [6, 6.07) is 15.3. The summed E-state index contributed by atoms with van der Waals surface area (Å²) in [4.78, 5) is 33.2. The zero-order chi connectivity index (χ0) is 26.8. The number of nitrogens with zero attached hydrogens (tertiary/aromatic N) is 5. The molecule has 2 aromatic heterocycles. The number of carbonyl (C=O) groups excluding carboxylic acids is 2. The van der Waals surface area contributed by atoms with Gasteiger partial charge in [-0.05, 0) is 59.0 Å². The van der Waals surface area contributed by atoms with Crippen molar-refractivity contribution in [1.82, 2.24) is 35.4 Å². The smallest absolute Gasteiger partial charge is 0.249 e. The number of hydrogen-bond donors (Lipinski definition) is 2. The highest BCUT2D eigenvalue weighted by Gasteiger charge is 2.51. The maximum absolute atomic E-state index is 14.2. The van der Waals surface area contributed by atoms with Crippen LogP contribution in [0.4, 0.5) is 0 Å². The Morgan fingerprint density at radius 3 is 2.72 bits per heavy atom. The van der Waals surface area contributed by atoms with Crippen molar-refractivity contribution >= 4 is 22.7 Å². The van der Waals surface area contributed by atoms with E-state index in [2.05, 4.69) is 25.8 Å². The molecule has 1 saturated carbocycles. The number of rotatable bonds is 8. The number of ether oxygens (including phenoxy) is 1. The molecule has 0 saturated heterocycles. The Hall–Kier alpha value is -4.21. The minimum Gasteiger partial charge on any atom is -0.497 e. The van der Waals surface area contributed by atoms with Gasteiger partial charge in [-0.3, -0.25) is 9.59 Å². The number of tetrazole rings is 1. The third kappa shape index (κ3) is 4.64. The van der Waals surface area contributed by atoms with Crippen molar-refractivity contribution in [3.8, 4) is 5.75 Å². The van der Waals surface area contributed by atoms with E-state index in [4.69, 9.17) is 4.74 Å². The number of amides is 2. The minimum atomic E-state index is -0.912. The topological polar surface area (TPSA) is 118 Å². The first kappa shape index (κ1) is 25.1. The van der Waals surface area contributed by atoms with Crippen molar-refractivity contribution in [3.63, 3.8) is 0 Å². The molecule has 2 amide bonds. The second-order valence-electron chi connectivity index (χ2n) is 10.5. The molecule has 1 atom stereocenters. The van der Waals surface area contributed by atoms with E-state index in [1.165, 1.54) is 0 Å². The van der Waals surface area contributed by atoms with Gasteiger partial charge in [0, 0.05) is 30.1 Å². The molecule has 1 aliphatic heterocycles. The Labute approximate surface area is 226 Å². The third-order valence-corrected chi connectivity index (χ3v) is 8.27. The van der Waals surface area contributed by atoms with Crippen LogP contribution < -0.4 is 10.1 Å². The molecule has 0 spiro atoms. The molecule has 10 heteroatoms. The molecule has 2 N–H and O–H groups in total. The lowest BCUT2D eigenvalue weighted by atomic mass is 9.78. The lowest BCUT2D eigenvalue weighted by molar-refractivity contribution is -0.156. The highest BCUT2D eigenvalue weighted by molar-refractivity contribution is 5.93. The standard InChI is InChI=1S/C29H33N7O3/c1-39-22-11-9-20(10-12-22)13-16-30-28(38)29(14-5-2-6-15-29)35-19-26-32-33-34-36(26)25(27(35)37)17-21-18-31-24-8-4-3-7-23(21)24/h3-4,7-12,18,25,31H,2,5-6,13-17,19H2,1H3,(H,30,38). The summed E-state index contributed by atoms with van der Waals surface area (Å²) < 4.78 is 6.88. The number of benzene rings is 2. The van der Waals surface area contributed by atoms with Crippen LogP contribution in [0.2, 0.25) is 0 Å². The molecule has 4 aromatic rings. The van der Waals surface area contributed by atoms with Crippen molar-refractivity contribution < 1.29 is 14.3 Å². The highest BCUT2D eigenvalue weighted by Crippen LogP contribution is 2.39. The van der Waals surface area contributed by atoms with Crippen LogP contribution in [-0.2, 0) is 29.0 Å². The van der Waals surface area contributed by atoms with Crippen molar-refractivity contribution in [2.75, 3.05) is 13.7 Å². The molecule has 0 radical (unpaired) electrons. The molecule has 2 aromatic carbocycles. The van der Waals surface area contributed by atoms with Crippen LogP contribution in [0.5, 0.6) is 5.75 Å². The van der Waals surface area contributed by atoms with Crippen LogP contribution >= 0.6 is 0 Å². The van der Waals surface area contributed by atoms with Gasteiger partial charge >= 0.3 is 0 Å². The normalized spacial score (nSPS) is 18.6. The van der Waals surface area contributed by atoms with Crippen LogP contribution in [-0.4, -0.2) is 61.1 Å². The van der Waals surface area contributed by atoms with Crippen LogP contribution in [0.15, 0.2) is 54.7 Å². The third-order valence-electron chi connectivity index (χ3n) is 8.27. The lowest BCUT2D eigenvalue weighted by Gasteiger charge is -2.47. The molecule has 1 unspecified atom stereocenters. The number of fused-ring (bicyclic) bond motifs is 2. The second-order valence-corrected chi connectivity index (χ2v) is 10.5. The van der Waals surface area contributed by atoms with Crippen LogP contribution in [0.1, 0.15) is 55.1 Å². The molecule has 1 aliphatic carbocycles. The summed E-state index contributed by atoms with van der Waals surface area (Å²) in [7, 11) is 1.64. The monoisotopic (exact) mass is 527 g/mol. The number of aromatic amines is 1. The fraction of sp³-hybridized carbons (Fsp3) is 0.414. The molecule has 0 bridgehead atoms. The number of H-pyrrole nitrogens is 1. The van der Waals surface area contributed by atoms with E-state index in [1.807, 2.05) is 54.7 Å². The van der Waals surface area contributed by atoms with E-state index in [1.54, 1.807) is 16.7 Å². The maximum Gasteiger partial charge on any atom is 0.249 e. The lowest BCUT2D eigenvalue weighted by Crippen LogP contribution is -2.64. The average molecular weight is 528 g/mol. The SMILES string of the molecule is COc1ccc(CCNC(=O)C2(N3Cc4nnnn4C(Cc4c[nH]c5ccccc45)C3=O)CCCCC2)cc1. The van der Waals surface area contributed by atoms with E-state index >= 15 is 0 Å². The maximum atomic E-state index is 14.2. The summed E-state index contributed by atoms with van der Waals surface area (Å²) in [5, 5.41) is 16.5. The minimum absolute atomic E-state index is 0.0872. The van der Waals surface area contributed by atoms with E-state index in [-0.39, 0.29) is 18.4 Å². The Morgan fingerprint density at radius 2 is 1.92 bits per heavy atom. The van der Waals surface area contributed by atoms with Gasteiger partial charge in [0.25, 0.3) is 0 Å². The zero-order valence-electron chi connectivity index (χ0n) is 22.1. The number of nitrogens with one attached hydrogen (secondary N) is 2. The van der Waals surface area contributed by atoms with Crippen molar-refractivity contribution in [2.45, 2.75) is 63.1 Å². The molecular weight excluding hydrogens is 494 g/mol. The van der Waals surface area contributed by atoms with Crippen LogP contribution in [0, 0.1) is 0 Å². The summed E-state index contributed by atoms with van der Waals surface area (Å²) >= 11 is 0. The first-order chi connectivity index (χ1) is 19.1. The van der Waals surface area contributed by atoms with Crippen molar-refractivity contribution in [2.24, 2.45) is 0 Å². The fourth-order valence-electron chi connectivity index (χ4n) is 6.14. The van der Waals surface area contributed by atoms with E-state index < -0.39 is 11.6 Å². The van der Waals surface area contributed by atoms with Crippen molar-refractivity contribution in [1.29, 1.82) is 0 Å². The molecular formula is C29H33N7O3. The van der Waals surface area contributed by atoms with Gasteiger partial charge in [-0.1, -0.05) is 49.6 Å². The van der Waals surface area contributed by atoms with Gasteiger partial charge in [0.1, 0.15) is 17.3 Å². The average Bonchev–Trinajstić information content (AvgIpc) is 3.62. The fourth-order valence-corrected chi connectivity index (χ4v) is 6.14. The molecule has 39 heavy (non-hydrogen) atoms. The second kappa shape index (κ2) is 10.5. The van der Waals surface area contributed by atoms with Crippen LogP contribution in [0.3, 0.4) is 0 Å². The van der Waals surface area contributed by atoms with Gasteiger partial charge < -0.3 is 19.9 Å². The molecule has 202 valence electrons. The number of aromatic nitrogens is 5. The molecule has 3 heterocycles. The van der Waals surface area contributed by atoms with Gasteiger partial charge in [-0.2, -0.15) is 0 Å². The molecule has 1 fully saturated rings. The molecule has 6 rings (SSSR count). The number of carbonyl (C=O) groups is 2. The van der Waals surface area contributed by atoms with Crippen LogP contribution in [0.25, 0.3) is 10.9 Å². The van der Waals surface area contributed by atoms with Gasteiger partial charge in [-0.15, -0.1) is 5.10 Å². The Kier molecular flexibility index (Phi) is 6.76. The summed E-state index contributed by atoms with van der Waals surface area (Å²) in [6.45, 7) is 0.716. The molecule has 2 aliphatic rings. The number of para-hydroxylation sites is 1. The summed E-state index contributed by atoms with van der Waals surface area (Å²) in [6.07, 6.45) is 7.20. The van der Waals surface area contributed by atoms with Gasteiger partial charge in [-0.25, -0.2) is 4.68 Å². The predicted molar refractivity (Wildman–Crippen MR) is 145 cm³/mol. The van der Waals surface area contributed by atoms with Gasteiger partial charge in [0.2, 0.25) is 11.8 Å². The Morgan fingerprint density at radius 1 is 1.13 bits per heavy atom. The van der Waals surface area contributed by atoms with Gasteiger partial charge in [0.15, 0.2) is 5.82 Å². The summed E-state index contributed by atoms with van der Waals surface area (Å²) in [5.41, 5.74) is 2.24. The van der Waals surface area contributed by atoms with Crippen molar-refractivity contribution in [3.05, 3.63) is 71.7 Å². The van der Waals surface area contributed by atoms with Gasteiger partial charge in [0.05, 0.1) is 13.7 Å².